The zero-order valence-electron chi connectivity index (χ0n) is 21.8. The summed E-state index contributed by atoms with van der Waals surface area (Å²) in [5.41, 5.74) is 1.59. The molecule has 0 saturated heterocycles. The van der Waals surface area contributed by atoms with E-state index in [2.05, 4.69) is 0 Å². The minimum atomic E-state index is -3.52. The second-order valence-electron chi connectivity index (χ2n) is 9.58. The van der Waals surface area contributed by atoms with Gasteiger partial charge in [0.25, 0.3) is 0 Å². The van der Waals surface area contributed by atoms with E-state index in [9.17, 15) is 26.3 Å². The molecule has 0 radical (unpaired) electrons. The van der Waals surface area contributed by atoms with Crippen molar-refractivity contribution in [2.75, 3.05) is 6.61 Å². The Morgan fingerprint density at radius 1 is 0.821 bits per heavy atom. The lowest BCUT2D eigenvalue weighted by atomic mass is 9.82. The van der Waals surface area contributed by atoms with Crippen LogP contribution in [0.4, 0.5) is 26.3 Å². The summed E-state index contributed by atoms with van der Waals surface area (Å²) in [6.07, 6.45) is -2.71. The van der Waals surface area contributed by atoms with Gasteiger partial charge in [-0.05, 0) is 85.9 Å². The third-order valence-electron chi connectivity index (χ3n) is 7.01. The molecule has 0 unspecified atom stereocenters. The Labute approximate surface area is 224 Å². The van der Waals surface area contributed by atoms with Crippen LogP contribution in [0, 0.1) is 11.6 Å². The molecule has 0 atom stereocenters. The predicted molar refractivity (Wildman–Crippen MR) is 139 cm³/mol. The zero-order chi connectivity index (χ0) is 28.2. The SMILES string of the molecule is CCOc1c(F)cc(C2CCC(OC(F)(F)c3ccc(-c4ccc(C(F)=C(F)CC)cc4)cc3)CC2)cc1F. The fraction of sp³-hybridized carbons (Fsp3) is 0.355. The van der Waals surface area contributed by atoms with Crippen LogP contribution in [0.2, 0.25) is 0 Å². The average Bonchev–Trinajstić information content (AvgIpc) is 2.94. The lowest BCUT2D eigenvalue weighted by Gasteiger charge is -2.31. The molecule has 1 fully saturated rings. The van der Waals surface area contributed by atoms with Crippen LogP contribution in [0.3, 0.4) is 0 Å². The number of benzene rings is 3. The molecule has 0 bridgehead atoms. The van der Waals surface area contributed by atoms with E-state index < -0.39 is 41.3 Å². The van der Waals surface area contributed by atoms with Crippen LogP contribution in [-0.4, -0.2) is 12.7 Å². The molecule has 0 spiro atoms. The molecule has 0 aliphatic heterocycles. The normalized spacial score (nSPS) is 18.6. The van der Waals surface area contributed by atoms with Crippen molar-refractivity contribution < 1.29 is 35.8 Å². The molecule has 0 N–H and O–H groups in total. The number of halogens is 6. The van der Waals surface area contributed by atoms with E-state index in [-0.39, 0.29) is 30.1 Å². The van der Waals surface area contributed by atoms with Crippen molar-refractivity contribution in [1.82, 2.24) is 0 Å². The van der Waals surface area contributed by atoms with Crippen LogP contribution in [0.1, 0.15) is 68.6 Å². The summed E-state index contributed by atoms with van der Waals surface area (Å²) in [5, 5.41) is 0. The summed E-state index contributed by atoms with van der Waals surface area (Å²) in [5.74, 6) is -3.86. The molecule has 0 aromatic heterocycles. The lowest BCUT2D eigenvalue weighted by molar-refractivity contribution is -0.277. The highest BCUT2D eigenvalue weighted by Gasteiger charge is 2.37. The molecule has 8 heteroatoms. The number of allylic oxidation sites excluding steroid dienone is 1. The Morgan fingerprint density at radius 2 is 1.36 bits per heavy atom. The van der Waals surface area contributed by atoms with Gasteiger partial charge in [0.1, 0.15) is 5.83 Å². The van der Waals surface area contributed by atoms with Gasteiger partial charge in [-0.25, -0.2) is 17.6 Å². The molecule has 2 nitrogen and oxygen atoms in total. The van der Waals surface area contributed by atoms with E-state index in [1.165, 1.54) is 55.5 Å². The first-order valence-corrected chi connectivity index (χ1v) is 13.1. The van der Waals surface area contributed by atoms with E-state index >= 15 is 0 Å². The standard InChI is InChI=1S/C31H30F6O2/c1-3-26(32)29(35)22-7-5-19(6-8-22)20-9-13-24(14-10-20)31(36,37)39-25-15-11-21(12-16-25)23-17-27(33)30(38-4-2)28(34)18-23/h5-10,13-14,17-18,21,25H,3-4,11-12,15-16H2,1-2H3. The Kier molecular flexibility index (Phi) is 9.05. The molecule has 0 amide bonds. The molecule has 39 heavy (non-hydrogen) atoms. The number of alkyl halides is 2. The third kappa shape index (κ3) is 6.67. The number of hydrogen-bond donors (Lipinski definition) is 0. The van der Waals surface area contributed by atoms with Gasteiger partial charge in [-0.2, -0.15) is 8.78 Å². The number of ether oxygens (including phenoxy) is 2. The van der Waals surface area contributed by atoms with Gasteiger partial charge in [-0.3, -0.25) is 0 Å². The molecular weight excluding hydrogens is 518 g/mol. The summed E-state index contributed by atoms with van der Waals surface area (Å²) in [4.78, 5) is 0. The molecule has 1 aliphatic rings. The molecule has 4 rings (SSSR count). The number of hydrogen-bond acceptors (Lipinski definition) is 2. The maximum absolute atomic E-state index is 15.0. The largest absolute Gasteiger partial charge is 0.488 e. The Balaban J connectivity index is 1.37. The van der Waals surface area contributed by atoms with Crippen LogP contribution in [0.15, 0.2) is 66.5 Å². The van der Waals surface area contributed by atoms with Crippen molar-refractivity contribution in [3.63, 3.8) is 0 Å². The Morgan fingerprint density at radius 3 is 1.87 bits per heavy atom. The van der Waals surface area contributed by atoms with Gasteiger partial charge in [0.2, 0.25) is 0 Å². The van der Waals surface area contributed by atoms with Crippen molar-refractivity contribution >= 4 is 5.83 Å². The maximum Gasteiger partial charge on any atom is 0.383 e. The highest BCUT2D eigenvalue weighted by atomic mass is 19.3. The molecule has 3 aromatic rings. The van der Waals surface area contributed by atoms with Crippen molar-refractivity contribution in [1.29, 1.82) is 0 Å². The van der Waals surface area contributed by atoms with E-state index in [1.54, 1.807) is 19.1 Å². The van der Waals surface area contributed by atoms with Crippen LogP contribution in [0.5, 0.6) is 5.75 Å². The van der Waals surface area contributed by atoms with E-state index in [4.69, 9.17) is 9.47 Å². The van der Waals surface area contributed by atoms with Crippen LogP contribution >= 0.6 is 0 Å². The van der Waals surface area contributed by atoms with Crippen molar-refractivity contribution in [2.45, 2.75) is 64.1 Å². The quantitative estimate of drug-likeness (QED) is 0.248. The van der Waals surface area contributed by atoms with Crippen LogP contribution in [-0.2, 0) is 10.8 Å². The predicted octanol–water partition coefficient (Wildman–Crippen LogP) is 9.84. The third-order valence-corrected chi connectivity index (χ3v) is 7.01. The second kappa shape index (κ2) is 12.3. The monoisotopic (exact) mass is 548 g/mol. The van der Waals surface area contributed by atoms with Gasteiger partial charge in [-0.1, -0.05) is 43.3 Å². The topological polar surface area (TPSA) is 18.5 Å². The average molecular weight is 549 g/mol. The zero-order valence-corrected chi connectivity index (χ0v) is 21.8. The van der Waals surface area contributed by atoms with E-state index in [1.807, 2.05) is 0 Å². The number of rotatable bonds is 9. The van der Waals surface area contributed by atoms with Gasteiger partial charge >= 0.3 is 6.11 Å². The first-order chi connectivity index (χ1) is 18.6. The smallest absolute Gasteiger partial charge is 0.383 e. The van der Waals surface area contributed by atoms with Gasteiger partial charge in [0.15, 0.2) is 23.2 Å². The van der Waals surface area contributed by atoms with Crippen molar-refractivity contribution in [2.24, 2.45) is 0 Å². The fourth-order valence-corrected chi connectivity index (χ4v) is 4.87. The summed E-state index contributed by atoms with van der Waals surface area (Å²) in [6, 6.07) is 14.2. The van der Waals surface area contributed by atoms with Gasteiger partial charge in [0.05, 0.1) is 18.3 Å². The molecule has 208 valence electrons. The molecular formula is C31H30F6O2. The minimum absolute atomic E-state index is 0.0461. The summed E-state index contributed by atoms with van der Waals surface area (Å²) in [7, 11) is 0. The summed E-state index contributed by atoms with van der Waals surface area (Å²) >= 11 is 0. The van der Waals surface area contributed by atoms with Crippen LogP contribution in [0.25, 0.3) is 17.0 Å². The van der Waals surface area contributed by atoms with E-state index in [0.29, 0.717) is 42.4 Å². The lowest BCUT2D eigenvalue weighted by Crippen LogP contribution is -2.29. The first kappa shape index (κ1) is 28.7. The fourth-order valence-electron chi connectivity index (χ4n) is 4.87. The van der Waals surface area contributed by atoms with E-state index in [0.717, 1.165) is 0 Å². The first-order valence-electron chi connectivity index (χ1n) is 13.1. The van der Waals surface area contributed by atoms with Crippen molar-refractivity contribution in [3.8, 4) is 16.9 Å². The maximum atomic E-state index is 15.0. The molecule has 3 aromatic carbocycles. The summed E-state index contributed by atoms with van der Waals surface area (Å²) < 4.78 is 96.1. The second-order valence-corrected chi connectivity index (χ2v) is 9.58. The highest BCUT2D eigenvalue weighted by Crippen LogP contribution is 2.40. The molecule has 1 aliphatic carbocycles. The van der Waals surface area contributed by atoms with Crippen molar-refractivity contribution in [3.05, 3.63) is 94.8 Å². The Hall–Kier alpha value is -3.26. The van der Waals surface area contributed by atoms with Gasteiger partial charge < -0.3 is 9.47 Å². The minimum Gasteiger partial charge on any atom is -0.488 e. The Bertz CT molecular complexity index is 1270. The highest BCUT2D eigenvalue weighted by molar-refractivity contribution is 5.68. The summed E-state index contributed by atoms with van der Waals surface area (Å²) in [6.45, 7) is 3.29. The van der Waals surface area contributed by atoms with Gasteiger partial charge in [0, 0.05) is 5.56 Å². The molecule has 0 heterocycles. The molecule has 1 saturated carbocycles. The van der Waals surface area contributed by atoms with Gasteiger partial charge in [-0.15, -0.1) is 0 Å². The van der Waals surface area contributed by atoms with Crippen LogP contribution < -0.4 is 4.74 Å².